The third kappa shape index (κ3) is 3.89. The fourth-order valence-corrected chi connectivity index (χ4v) is 3.46. The molecular formula is C16H15ClFNO3S. The monoisotopic (exact) mass is 355 g/mol. The topological polar surface area (TPSA) is 63.2 Å². The van der Waals surface area contributed by atoms with Crippen molar-refractivity contribution in [1.29, 1.82) is 0 Å². The molecule has 1 unspecified atom stereocenters. The number of hydrogen-bond donors (Lipinski definition) is 1. The summed E-state index contributed by atoms with van der Waals surface area (Å²) in [4.78, 5) is 12.1. The Morgan fingerprint density at radius 1 is 1.17 bits per heavy atom. The second-order valence-electron chi connectivity index (χ2n) is 5.09. The molecule has 4 nitrogen and oxygen atoms in total. The highest BCUT2D eigenvalue weighted by atomic mass is 35.5. The van der Waals surface area contributed by atoms with Gasteiger partial charge in [-0.2, -0.15) is 0 Å². The second kappa shape index (κ2) is 6.68. The summed E-state index contributed by atoms with van der Waals surface area (Å²) in [5.74, 6) is -1.21. The average molecular weight is 356 g/mol. The lowest BCUT2D eigenvalue weighted by Crippen LogP contribution is -2.32. The van der Waals surface area contributed by atoms with Gasteiger partial charge < -0.3 is 5.32 Å². The van der Waals surface area contributed by atoms with E-state index in [2.05, 4.69) is 5.32 Å². The predicted octanol–water partition coefficient (Wildman–Crippen LogP) is 3.59. The van der Waals surface area contributed by atoms with Crippen LogP contribution >= 0.6 is 11.6 Å². The fraction of sp³-hybridized carbons (Fsp3) is 0.188. The third-order valence-corrected chi connectivity index (χ3v) is 5.73. The van der Waals surface area contributed by atoms with Gasteiger partial charge in [0.25, 0.3) is 0 Å². The molecule has 0 aliphatic carbocycles. The van der Waals surface area contributed by atoms with Crippen LogP contribution in [-0.2, 0) is 14.6 Å². The molecule has 2 aromatic rings. The van der Waals surface area contributed by atoms with Crippen molar-refractivity contribution in [3.05, 3.63) is 58.9 Å². The summed E-state index contributed by atoms with van der Waals surface area (Å²) in [6, 6.07) is 9.23. The highest BCUT2D eigenvalue weighted by molar-refractivity contribution is 7.92. The fourth-order valence-electron chi connectivity index (χ4n) is 1.97. The van der Waals surface area contributed by atoms with Crippen LogP contribution in [0.4, 0.5) is 10.1 Å². The summed E-state index contributed by atoms with van der Waals surface area (Å²) < 4.78 is 37.7. The van der Waals surface area contributed by atoms with Gasteiger partial charge in [-0.15, -0.1) is 0 Å². The van der Waals surface area contributed by atoms with Crippen LogP contribution in [-0.4, -0.2) is 19.6 Å². The number of anilines is 1. The van der Waals surface area contributed by atoms with E-state index in [1.807, 2.05) is 0 Å². The van der Waals surface area contributed by atoms with E-state index >= 15 is 0 Å². The molecule has 0 aliphatic heterocycles. The Hall–Kier alpha value is -1.92. The van der Waals surface area contributed by atoms with E-state index < -0.39 is 26.8 Å². The van der Waals surface area contributed by atoms with Crippen LogP contribution in [0.15, 0.2) is 47.4 Å². The van der Waals surface area contributed by atoms with Gasteiger partial charge in [0.2, 0.25) is 5.91 Å². The molecule has 2 rings (SSSR count). The smallest absolute Gasteiger partial charge is 0.242 e. The van der Waals surface area contributed by atoms with Crippen LogP contribution in [0.2, 0.25) is 5.02 Å². The maximum atomic E-state index is 12.9. The minimum Gasteiger partial charge on any atom is -0.325 e. The van der Waals surface area contributed by atoms with Crippen molar-refractivity contribution in [2.24, 2.45) is 0 Å². The summed E-state index contributed by atoms with van der Waals surface area (Å²) in [6.07, 6.45) is 0. The summed E-state index contributed by atoms with van der Waals surface area (Å²) in [5.41, 5.74) is 1.21. The first-order chi connectivity index (χ1) is 10.7. The van der Waals surface area contributed by atoms with E-state index in [4.69, 9.17) is 11.6 Å². The van der Waals surface area contributed by atoms with Crippen molar-refractivity contribution in [1.82, 2.24) is 0 Å². The predicted molar refractivity (Wildman–Crippen MR) is 87.9 cm³/mol. The van der Waals surface area contributed by atoms with Crippen LogP contribution < -0.4 is 5.32 Å². The van der Waals surface area contributed by atoms with Crippen molar-refractivity contribution in [3.63, 3.8) is 0 Å². The molecule has 1 atom stereocenters. The molecule has 0 aromatic heterocycles. The maximum absolute atomic E-state index is 12.9. The summed E-state index contributed by atoms with van der Waals surface area (Å²) >= 11 is 5.84. The van der Waals surface area contributed by atoms with Crippen LogP contribution in [0, 0.1) is 12.7 Å². The van der Waals surface area contributed by atoms with E-state index in [-0.39, 0.29) is 4.90 Å². The number of carbonyl (C=O) groups excluding carboxylic acids is 1. The van der Waals surface area contributed by atoms with Crippen LogP contribution in [0.25, 0.3) is 0 Å². The van der Waals surface area contributed by atoms with Crippen molar-refractivity contribution in [3.8, 4) is 0 Å². The Bertz CT molecular complexity index is 835. The number of halogens is 2. The lowest BCUT2D eigenvalue weighted by atomic mass is 10.2. The van der Waals surface area contributed by atoms with Gasteiger partial charge in [0.1, 0.15) is 11.1 Å². The van der Waals surface area contributed by atoms with Gasteiger partial charge in [0, 0.05) is 10.7 Å². The van der Waals surface area contributed by atoms with Crippen molar-refractivity contribution in [2.75, 3.05) is 5.32 Å². The Morgan fingerprint density at radius 3 is 2.35 bits per heavy atom. The van der Waals surface area contributed by atoms with Gasteiger partial charge in [-0.05, 0) is 61.9 Å². The van der Waals surface area contributed by atoms with Crippen molar-refractivity contribution >= 4 is 33.0 Å². The zero-order valence-electron chi connectivity index (χ0n) is 12.5. The van der Waals surface area contributed by atoms with E-state index in [1.165, 1.54) is 6.92 Å². The normalized spacial score (nSPS) is 12.7. The zero-order chi connectivity index (χ0) is 17.2. The Balaban J connectivity index is 2.23. The lowest BCUT2D eigenvalue weighted by Gasteiger charge is -2.15. The molecule has 0 saturated heterocycles. The van der Waals surface area contributed by atoms with Crippen LogP contribution in [0.1, 0.15) is 12.5 Å². The minimum atomic E-state index is -3.90. The van der Waals surface area contributed by atoms with E-state index in [0.29, 0.717) is 10.7 Å². The molecule has 0 bridgehead atoms. The SMILES string of the molecule is Cc1cc(Cl)ccc1NC(=O)C(C)S(=O)(=O)c1ccc(F)cc1. The van der Waals surface area contributed by atoms with Crippen molar-refractivity contribution in [2.45, 2.75) is 24.0 Å². The molecule has 0 fully saturated rings. The molecule has 0 aliphatic rings. The first-order valence-corrected chi connectivity index (χ1v) is 8.70. The maximum Gasteiger partial charge on any atom is 0.242 e. The first kappa shape index (κ1) is 17.4. The highest BCUT2D eigenvalue weighted by Crippen LogP contribution is 2.22. The lowest BCUT2D eigenvalue weighted by molar-refractivity contribution is -0.115. The molecule has 0 heterocycles. The molecule has 0 radical (unpaired) electrons. The molecule has 0 spiro atoms. The summed E-state index contributed by atoms with van der Waals surface area (Å²) in [6.45, 7) is 3.04. The van der Waals surface area contributed by atoms with Crippen molar-refractivity contribution < 1.29 is 17.6 Å². The van der Waals surface area contributed by atoms with Gasteiger partial charge >= 0.3 is 0 Å². The molecule has 1 amide bonds. The number of amides is 1. The Morgan fingerprint density at radius 2 is 1.78 bits per heavy atom. The summed E-state index contributed by atoms with van der Waals surface area (Å²) in [7, 11) is -3.90. The molecule has 122 valence electrons. The van der Waals surface area contributed by atoms with Crippen LogP contribution in [0.3, 0.4) is 0 Å². The number of benzene rings is 2. The van der Waals surface area contributed by atoms with Gasteiger partial charge in [0.05, 0.1) is 4.90 Å². The molecule has 0 saturated carbocycles. The van der Waals surface area contributed by atoms with Gasteiger partial charge in [-0.25, -0.2) is 12.8 Å². The Labute approximate surface area is 139 Å². The largest absolute Gasteiger partial charge is 0.325 e. The van der Waals surface area contributed by atoms with E-state index in [0.717, 1.165) is 29.8 Å². The number of rotatable bonds is 4. The van der Waals surface area contributed by atoms with Gasteiger partial charge in [0.15, 0.2) is 9.84 Å². The molecule has 1 N–H and O–H groups in total. The second-order valence-corrected chi connectivity index (χ2v) is 7.79. The number of hydrogen-bond acceptors (Lipinski definition) is 3. The van der Waals surface area contributed by atoms with Crippen LogP contribution in [0.5, 0.6) is 0 Å². The first-order valence-electron chi connectivity index (χ1n) is 6.78. The standard InChI is InChI=1S/C16H15ClFNO3S/c1-10-9-12(17)3-8-15(10)19-16(20)11(2)23(21,22)14-6-4-13(18)5-7-14/h3-9,11H,1-2H3,(H,19,20). The molecular weight excluding hydrogens is 341 g/mol. The third-order valence-electron chi connectivity index (χ3n) is 3.42. The number of sulfone groups is 1. The molecule has 23 heavy (non-hydrogen) atoms. The van der Waals surface area contributed by atoms with Gasteiger partial charge in [-0.3, -0.25) is 4.79 Å². The zero-order valence-corrected chi connectivity index (χ0v) is 14.1. The van der Waals surface area contributed by atoms with E-state index in [9.17, 15) is 17.6 Å². The quantitative estimate of drug-likeness (QED) is 0.852. The Kier molecular flexibility index (Phi) is 5.06. The summed E-state index contributed by atoms with van der Waals surface area (Å²) in [5, 5.41) is 1.78. The highest BCUT2D eigenvalue weighted by Gasteiger charge is 2.30. The number of aryl methyl sites for hydroxylation is 1. The van der Waals surface area contributed by atoms with E-state index in [1.54, 1.807) is 25.1 Å². The van der Waals surface area contributed by atoms with Gasteiger partial charge in [-0.1, -0.05) is 11.6 Å². The minimum absolute atomic E-state index is 0.102. The number of carbonyl (C=O) groups is 1. The molecule has 7 heteroatoms. The number of nitrogens with one attached hydrogen (secondary N) is 1. The average Bonchev–Trinajstić information content (AvgIpc) is 2.49. The molecule has 2 aromatic carbocycles.